The van der Waals surface area contributed by atoms with Gasteiger partial charge in [-0.2, -0.15) is 0 Å². The molecule has 0 saturated carbocycles. The second-order valence-electron chi connectivity index (χ2n) is 8.80. The number of rotatable bonds is 3. The van der Waals surface area contributed by atoms with Gasteiger partial charge in [0.05, 0.1) is 6.54 Å². The van der Waals surface area contributed by atoms with Crippen molar-refractivity contribution in [2.24, 2.45) is 0 Å². The maximum Gasteiger partial charge on any atom is 0.331 e. The first-order chi connectivity index (χ1) is 14.6. The Morgan fingerprint density at radius 3 is 1.97 bits per heavy atom. The minimum Gasteiger partial charge on any atom is -0.365 e. The Morgan fingerprint density at radius 1 is 0.871 bits per heavy atom. The van der Waals surface area contributed by atoms with E-state index in [1.165, 1.54) is 4.90 Å². The summed E-state index contributed by atoms with van der Waals surface area (Å²) < 4.78 is 1.84. The molecule has 0 aliphatic carbocycles. The Balaban J connectivity index is 1.85. The lowest BCUT2D eigenvalue weighted by molar-refractivity contribution is 0.0654. The van der Waals surface area contributed by atoms with E-state index < -0.39 is 5.72 Å². The lowest BCUT2D eigenvalue weighted by Crippen LogP contribution is -2.45. The number of nitrogens with zero attached hydrogens (tertiary/aromatic N) is 2. The molecule has 1 aliphatic rings. The molecule has 1 atom stereocenters. The lowest BCUT2D eigenvalue weighted by Gasteiger charge is -2.33. The first-order valence-electron chi connectivity index (χ1n) is 10.1. The molecule has 4 rings (SSSR count). The number of anilines is 2. The van der Waals surface area contributed by atoms with Gasteiger partial charge in [-0.1, -0.05) is 76.9 Å². The molecule has 3 aromatic rings. The Hall–Kier alpha value is -2.15. The molecule has 31 heavy (non-hydrogen) atoms. The molecule has 1 N–H and O–H groups in total. The largest absolute Gasteiger partial charge is 0.365 e. The van der Waals surface area contributed by atoms with E-state index in [0.717, 1.165) is 20.2 Å². The van der Waals surface area contributed by atoms with E-state index in [-0.39, 0.29) is 18.0 Å². The van der Waals surface area contributed by atoms with Crippen molar-refractivity contribution in [3.05, 3.63) is 92.9 Å². The minimum atomic E-state index is -1.51. The SMILES string of the molecule is CC(C)(C)c1cccc(C2(O)CN(c3ccc(Br)cc3)C(=O)N2c2ccc(Br)cc2)c1. The average molecular weight is 544 g/mol. The van der Waals surface area contributed by atoms with Gasteiger partial charge in [0.2, 0.25) is 0 Å². The van der Waals surface area contributed by atoms with Crippen LogP contribution in [0.5, 0.6) is 0 Å². The highest BCUT2D eigenvalue weighted by molar-refractivity contribution is 9.10. The van der Waals surface area contributed by atoms with Gasteiger partial charge in [-0.05, 0) is 59.5 Å². The molecule has 4 nitrogen and oxygen atoms in total. The summed E-state index contributed by atoms with van der Waals surface area (Å²) in [5.41, 5.74) is 1.57. The maximum absolute atomic E-state index is 13.6. The van der Waals surface area contributed by atoms with E-state index in [1.54, 1.807) is 4.90 Å². The van der Waals surface area contributed by atoms with Gasteiger partial charge < -0.3 is 5.11 Å². The standard InChI is InChI=1S/C25H24Br2N2O2/c1-24(2,3)17-5-4-6-18(15-17)25(31)16-28(21-11-7-19(26)8-12-21)23(30)29(25)22-13-9-20(27)10-14-22/h4-15,31H,16H2,1-3H3. The van der Waals surface area contributed by atoms with E-state index in [4.69, 9.17) is 0 Å². The van der Waals surface area contributed by atoms with Gasteiger partial charge >= 0.3 is 6.03 Å². The summed E-state index contributed by atoms with van der Waals surface area (Å²) in [6.07, 6.45) is 0. The van der Waals surface area contributed by atoms with Crippen LogP contribution in [0.2, 0.25) is 0 Å². The predicted octanol–water partition coefficient (Wildman–Crippen LogP) is 6.80. The van der Waals surface area contributed by atoms with E-state index in [0.29, 0.717) is 11.3 Å². The zero-order valence-electron chi connectivity index (χ0n) is 17.6. The molecule has 0 aromatic heterocycles. The van der Waals surface area contributed by atoms with Gasteiger partial charge in [0.25, 0.3) is 0 Å². The summed E-state index contributed by atoms with van der Waals surface area (Å²) in [5.74, 6) is 0. The topological polar surface area (TPSA) is 43.8 Å². The predicted molar refractivity (Wildman–Crippen MR) is 133 cm³/mol. The normalized spacial score (nSPS) is 19.2. The Bertz CT molecular complexity index is 1110. The fraction of sp³-hybridized carbons (Fsp3) is 0.240. The number of hydrogen-bond acceptors (Lipinski definition) is 2. The number of β-amino-alcohol motifs (C(OH)–C–C–N with tert-alkyl or cyclic N) is 1. The summed E-state index contributed by atoms with van der Waals surface area (Å²) in [4.78, 5) is 16.7. The van der Waals surface area contributed by atoms with E-state index in [1.807, 2.05) is 66.7 Å². The van der Waals surface area contributed by atoms with Crippen molar-refractivity contribution < 1.29 is 9.90 Å². The second kappa shape index (κ2) is 8.08. The summed E-state index contributed by atoms with van der Waals surface area (Å²) >= 11 is 6.89. The molecular weight excluding hydrogens is 520 g/mol. The molecule has 1 aliphatic heterocycles. The molecule has 0 bridgehead atoms. The maximum atomic E-state index is 13.6. The monoisotopic (exact) mass is 542 g/mol. The first-order valence-corrected chi connectivity index (χ1v) is 11.6. The molecule has 1 saturated heterocycles. The molecule has 1 fully saturated rings. The van der Waals surface area contributed by atoms with Crippen molar-refractivity contribution in [2.45, 2.75) is 31.9 Å². The van der Waals surface area contributed by atoms with Crippen LogP contribution in [0.4, 0.5) is 16.2 Å². The van der Waals surface area contributed by atoms with Gasteiger partial charge in [0.15, 0.2) is 5.72 Å². The van der Waals surface area contributed by atoms with Crippen LogP contribution in [-0.2, 0) is 11.1 Å². The fourth-order valence-electron chi connectivity index (χ4n) is 3.83. The molecule has 160 valence electrons. The zero-order valence-corrected chi connectivity index (χ0v) is 20.8. The van der Waals surface area contributed by atoms with Gasteiger partial charge in [-0.15, -0.1) is 0 Å². The van der Waals surface area contributed by atoms with E-state index in [9.17, 15) is 9.90 Å². The van der Waals surface area contributed by atoms with E-state index >= 15 is 0 Å². The number of carbonyl (C=O) groups excluding carboxylic acids is 1. The molecule has 1 heterocycles. The molecular formula is C25H24Br2N2O2. The number of amides is 2. The average Bonchev–Trinajstić information content (AvgIpc) is 3.01. The minimum absolute atomic E-state index is 0.0805. The summed E-state index contributed by atoms with van der Waals surface area (Å²) in [6, 6.07) is 22.6. The molecule has 6 heteroatoms. The molecule has 1 unspecified atom stereocenters. The second-order valence-corrected chi connectivity index (χ2v) is 10.6. The van der Waals surface area contributed by atoms with Crippen molar-refractivity contribution in [3.63, 3.8) is 0 Å². The summed E-state index contributed by atoms with van der Waals surface area (Å²) in [7, 11) is 0. The lowest BCUT2D eigenvalue weighted by atomic mass is 9.85. The highest BCUT2D eigenvalue weighted by Gasteiger charge is 2.51. The van der Waals surface area contributed by atoms with Gasteiger partial charge in [0.1, 0.15) is 0 Å². The third-order valence-electron chi connectivity index (χ3n) is 5.58. The van der Waals surface area contributed by atoms with Crippen LogP contribution in [0, 0.1) is 0 Å². The van der Waals surface area contributed by atoms with Crippen molar-refractivity contribution in [1.82, 2.24) is 0 Å². The molecule has 3 aromatic carbocycles. The van der Waals surface area contributed by atoms with Crippen LogP contribution in [0.3, 0.4) is 0 Å². The smallest absolute Gasteiger partial charge is 0.331 e. The van der Waals surface area contributed by atoms with Crippen LogP contribution in [0.15, 0.2) is 81.7 Å². The summed E-state index contributed by atoms with van der Waals surface area (Å²) in [5, 5.41) is 12.0. The Morgan fingerprint density at radius 2 is 1.42 bits per heavy atom. The number of hydrogen-bond donors (Lipinski definition) is 1. The number of carbonyl (C=O) groups is 1. The molecule has 0 radical (unpaired) electrons. The van der Waals surface area contributed by atoms with Crippen LogP contribution in [-0.4, -0.2) is 17.7 Å². The van der Waals surface area contributed by atoms with E-state index in [2.05, 4.69) is 58.7 Å². The highest BCUT2D eigenvalue weighted by Crippen LogP contribution is 2.41. The number of aliphatic hydroxyl groups is 1. The number of urea groups is 1. The first kappa shape index (κ1) is 22.1. The Labute approximate surface area is 199 Å². The van der Waals surface area contributed by atoms with Crippen LogP contribution < -0.4 is 9.80 Å². The quantitative estimate of drug-likeness (QED) is 0.394. The zero-order chi connectivity index (χ0) is 22.4. The Kier molecular flexibility index (Phi) is 5.75. The van der Waals surface area contributed by atoms with Crippen molar-refractivity contribution in [1.29, 1.82) is 0 Å². The fourth-order valence-corrected chi connectivity index (χ4v) is 4.36. The van der Waals surface area contributed by atoms with Crippen molar-refractivity contribution in [3.8, 4) is 0 Å². The van der Waals surface area contributed by atoms with Gasteiger partial charge in [0, 0.05) is 25.9 Å². The molecule has 0 spiro atoms. The summed E-state index contributed by atoms with van der Waals surface area (Å²) in [6.45, 7) is 6.53. The van der Waals surface area contributed by atoms with Crippen molar-refractivity contribution >= 4 is 49.3 Å². The van der Waals surface area contributed by atoms with Crippen molar-refractivity contribution in [2.75, 3.05) is 16.3 Å². The van der Waals surface area contributed by atoms with Crippen LogP contribution in [0.1, 0.15) is 31.9 Å². The molecule has 2 amide bonds. The van der Waals surface area contributed by atoms with Gasteiger partial charge in [-0.3, -0.25) is 9.80 Å². The van der Waals surface area contributed by atoms with Crippen LogP contribution in [0.25, 0.3) is 0 Å². The number of benzene rings is 3. The highest BCUT2D eigenvalue weighted by atomic mass is 79.9. The number of halogens is 2. The van der Waals surface area contributed by atoms with Gasteiger partial charge in [-0.25, -0.2) is 4.79 Å². The van der Waals surface area contributed by atoms with Crippen LogP contribution >= 0.6 is 31.9 Å². The third kappa shape index (κ3) is 4.16. The third-order valence-corrected chi connectivity index (χ3v) is 6.64.